The Bertz CT molecular complexity index is 825. The summed E-state index contributed by atoms with van der Waals surface area (Å²) >= 11 is 0. The van der Waals surface area contributed by atoms with Crippen LogP contribution in [0.5, 0.6) is 11.5 Å². The molecule has 0 aromatic heterocycles. The lowest BCUT2D eigenvalue weighted by Crippen LogP contribution is -2.17. The number of methoxy groups -OCH3 is 1. The predicted molar refractivity (Wildman–Crippen MR) is 82.3 cm³/mol. The van der Waals surface area contributed by atoms with Crippen LogP contribution in [0.25, 0.3) is 6.08 Å². The summed E-state index contributed by atoms with van der Waals surface area (Å²) in [6, 6.07) is 10.9. The van der Waals surface area contributed by atoms with E-state index in [0.717, 1.165) is 17.6 Å². The van der Waals surface area contributed by atoms with Crippen LogP contribution in [-0.2, 0) is 9.84 Å². The molecule has 2 rings (SSSR count). The molecular weight excluding hydrogens is 345 g/mol. The first-order chi connectivity index (χ1) is 11.2. The molecule has 8 heteroatoms. The van der Waals surface area contributed by atoms with Crippen molar-refractivity contribution >= 4 is 15.9 Å². The minimum Gasteiger partial charge on any atom is -0.497 e. The van der Waals surface area contributed by atoms with E-state index >= 15 is 0 Å². The van der Waals surface area contributed by atoms with E-state index in [-0.39, 0.29) is 10.5 Å². The highest BCUT2D eigenvalue weighted by Gasteiger charge is 2.31. The van der Waals surface area contributed by atoms with Crippen molar-refractivity contribution < 1.29 is 31.1 Å². The molecule has 0 saturated heterocycles. The normalized spacial score (nSPS) is 12.3. The number of hydrogen-bond donors (Lipinski definition) is 0. The first kappa shape index (κ1) is 17.9. The number of para-hydroxylation sites is 1. The van der Waals surface area contributed by atoms with E-state index in [9.17, 15) is 21.6 Å². The fourth-order valence-electron chi connectivity index (χ4n) is 1.84. The van der Waals surface area contributed by atoms with E-state index in [1.165, 1.54) is 49.6 Å². The van der Waals surface area contributed by atoms with Crippen LogP contribution >= 0.6 is 0 Å². The van der Waals surface area contributed by atoms with Crippen LogP contribution in [-0.4, -0.2) is 21.9 Å². The molecule has 0 amide bonds. The Hall–Kier alpha value is -2.48. The van der Waals surface area contributed by atoms with Crippen molar-refractivity contribution in [3.8, 4) is 11.5 Å². The Labute approximate surface area is 137 Å². The average Bonchev–Trinajstić information content (AvgIpc) is 2.53. The van der Waals surface area contributed by atoms with Crippen molar-refractivity contribution in [1.29, 1.82) is 0 Å². The van der Waals surface area contributed by atoms with Crippen molar-refractivity contribution in [1.82, 2.24) is 0 Å². The number of rotatable bonds is 5. The molecule has 0 radical (unpaired) electrons. The van der Waals surface area contributed by atoms with Gasteiger partial charge in [-0.3, -0.25) is 0 Å². The Morgan fingerprint density at radius 1 is 1.00 bits per heavy atom. The highest BCUT2D eigenvalue weighted by atomic mass is 32.2. The minimum atomic E-state index is -4.86. The lowest BCUT2D eigenvalue weighted by molar-refractivity contribution is -0.274. The first-order valence-electron chi connectivity index (χ1n) is 6.63. The Kier molecular flexibility index (Phi) is 5.18. The second-order valence-corrected chi connectivity index (χ2v) is 6.44. The van der Waals surface area contributed by atoms with Gasteiger partial charge in [0.15, 0.2) is 9.84 Å². The number of ether oxygens (including phenoxy) is 2. The maximum atomic E-state index is 12.4. The molecule has 0 heterocycles. The van der Waals surface area contributed by atoms with E-state index in [2.05, 4.69) is 4.74 Å². The van der Waals surface area contributed by atoms with Gasteiger partial charge in [0, 0.05) is 11.0 Å². The van der Waals surface area contributed by atoms with Gasteiger partial charge in [-0.1, -0.05) is 18.2 Å². The van der Waals surface area contributed by atoms with Crippen molar-refractivity contribution in [2.75, 3.05) is 7.11 Å². The minimum absolute atomic E-state index is 0.00577. The lowest BCUT2D eigenvalue weighted by atomic mass is 10.2. The number of hydrogen-bond acceptors (Lipinski definition) is 4. The highest BCUT2D eigenvalue weighted by Crippen LogP contribution is 2.27. The third kappa shape index (κ3) is 4.76. The van der Waals surface area contributed by atoms with Gasteiger partial charge in [-0.2, -0.15) is 0 Å². The monoisotopic (exact) mass is 358 g/mol. The van der Waals surface area contributed by atoms with Crippen molar-refractivity contribution in [2.24, 2.45) is 0 Å². The second-order valence-electron chi connectivity index (χ2n) is 4.61. The van der Waals surface area contributed by atoms with Gasteiger partial charge < -0.3 is 9.47 Å². The van der Waals surface area contributed by atoms with Crippen molar-refractivity contribution in [2.45, 2.75) is 11.3 Å². The van der Waals surface area contributed by atoms with E-state index in [1.54, 1.807) is 0 Å². The second kappa shape index (κ2) is 6.96. The van der Waals surface area contributed by atoms with Crippen LogP contribution in [0.2, 0.25) is 0 Å². The summed E-state index contributed by atoms with van der Waals surface area (Å²) in [6.07, 6.45) is -3.81. The largest absolute Gasteiger partial charge is 0.573 e. The molecule has 2 aromatic rings. The summed E-state index contributed by atoms with van der Waals surface area (Å²) < 4.78 is 70.3. The van der Waals surface area contributed by atoms with Crippen LogP contribution < -0.4 is 9.47 Å². The standard InChI is InChI=1S/C16H13F3O4S/c1-22-13-6-8-14(9-7-13)24(20,21)11-10-12-4-2-3-5-15(12)23-16(17,18)19/h2-11H,1H3/b11-10+. The molecule has 0 aliphatic rings. The molecular formula is C16H13F3O4S. The van der Waals surface area contributed by atoms with Crippen LogP contribution in [0.15, 0.2) is 58.8 Å². The lowest BCUT2D eigenvalue weighted by Gasteiger charge is -2.11. The summed E-state index contributed by atoms with van der Waals surface area (Å²) in [5.74, 6) is 0.00744. The number of halogens is 3. The average molecular weight is 358 g/mol. The molecule has 0 aliphatic heterocycles. The number of alkyl halides is 3. The fraction of sp³-hybridized carbons (Fsp3) is 0.125. The van der Waals surface area contributed by atoms with Gasteiger partial charge in [0.1, 0.15) is 11.5 Å². The van der Waals surface area contributed by atoms with Crippen LogP contribution in [0.3, 0.4) is 0 Å². The summed E-state index contributed by atoms with van der Waals surface area (Å²) in [6.45, 7) is 0. The smallest absolute Gasteiger partial charge is 0.497 e. The zero-order valence-corrected chi connectivity index (χ0v) is 13.3. The number of sulfone groups is 1. The van der Waals surface area contributed by atoms with Gasteiger partial charge in [-0.15, -0.1) is 13.2 Å². The van der Waals surface area contributed by atoms with Gasteiger partial charge in [0.25, 0.3) is 0 Å². The quantitative estimate of drug-likeness (QED) is 0.810. The maximum Gasteiger partial charge on any atom is 0.573 e. The third-order valence-electron chi connectivity index (χ3n) is 2.96. The van der Waals surface area contributed by atoms with Crippen LogP contribution in [0, 0.1) is 0 Å². The molecule has 0 saturated carbocycles. The molecule has 24 heavy (non-hydrogen) atoms. The zero-order valence-electron chi connectivity index (χ0n) is 12.4. The molecule has 4 nitrogen and oxygen atoms in total. The van der Waals surface area contributed by atoms with Gasteiger partial charge >= 0.3 is 6.36 Å². The number of benzene rings is 2. The molecule has 128 valence electrons. The van der Waals surface area contributed by atoms with Gasteiger partial charge in [-0.05, 0) is 36.4 Å². The summed E-state index contributed by atoms with van der Waals surface area (Å²) in [4.78, 5) is -0.00577. The maximum absolute atomic E-state index is 12.4. The van der Waals surface area contributed by atoms with Gasteiger partial charge in [-0.25, -0.2) is 8.42 Å². The highest BCUT2D eigenvalue weighted by molar-refractivity contribution is 7.94. The van der Waals surface area contributed by atoms with Crippen LogP contribution in [0.4, 0.5) is 13.2 Å². The fourth-order valence-corrected chi connectivity index (χ4v) is 2.84. The van der Waals surface area contributed by atoms with Crippen LogP contribution in [0.1, 0.15) is 5.56 Å². The van der Waals surface area contributed by atoms with Gasteiger partial charge in [0.2, 0.25) is 0 Å². The summed E-state index contributed by atoms with van der Waals surface area (Å²) in [7, 11) is -2.37. The zero-order chi connectivity index (χ0) is 17.8. The predicted octanol–water partition coefficient (Wildman–Crippen LogP) is 4.04. The first-order valence-corrected chi connectivity index (χ1v) is 8.18. The molecule has 0 fully saturated rings. The topological polar surface area (TPSA) is 52.6 Å². The molecule has 2 aromatic carbocycles. The SMILES string of the molecule is COc1ccc(S(=O)(=O)/C=C/c2ccccc2OC(F)(F)F)cc1. The van der Waals surface area contributed by atoms with Crippen molar-refractivity contribution in [3.63, 3.8) is 0 Å². The van der Waals surface area contributed by atoms with E-state index in [1.807, 2.05) is 0 Å². The van der Waals surface area contributed by atoms with E-state index in [4.69, 9.17) is 4.74 Å². The summed E-state index contributed by atoms with van der Waals surface area (Å²) in [5.41, 5.74) is -0.00749. The Balaban J connectivity index is 2.29. The molecule has 0 aliphatic carbocycles. The van der Waals surface area contributed by atoms with Gasteiger partial charge in [0.05, 0.1) is 12.0 Å². The molecule has 0 atom stereocenters. The third-order valence-corrected chi connectivity index (χ3v) is 4.38. The van der Waals surface area contributed by atoms with E-state index < -0.39 is 21.9 Å². The summed E-state index contributed by atoms with van der Waals surface area (Å²) in [5, 5.41) is 0.827. The molecule has 0 spiro atoms. The molecule has 0 bridgehead atoms. The Morgan fingerprint density at radius 2 is 1.62 bits per heavy atom. The molecule has 0 N–H and O–H groups in total. The Morgan fingerprint density at radius 3 is 2.21 bits per heavy atom. The van der Waals surface area contributed by atoms with Crippen molar-refractivity contribution in [3.05, 3.63) is 59.5 Å². The molecule has 0 unspecified atom stereocenters. The van der Waals surface area contributed by atoms with E-state index in [0.29, 0.717) is 5.75 Å².